The van der Waals surface area contributed by atoms with Gasteiger partial charge in [0, 0.05) is 29.8 Å². The summed E-state index contributed by atoms with van der Waals surface area (Å²) in [4.78, 5) is 13.6. The zero-order valence-corrected chi connectivity index (χ0v) is 19.7. The summed E-state index contributed by atoms with van der Waals surface area (Å²) in [5, 5.41) is 9.19. The minimum Gasteiger partial charge on any atom is -0.492 e. The maximum Gasteiger partial charge on any atom is 0.307 e. The summed E-state index contributed by atoms with van der Waals surface area (Å²) >= 11 is 0. The van der Waals surface area contributed by atoms with E-state index in [-0.39, 0.29) is 25.4 Å². The van der Waals surface area contributed by atoms with E-state index >= 15 is 4.39 Å². The van der Waals surface area contributed by atoms with Gasteiger partial charge in [0.2, 0.25) is 0 Å². The van der Waals surface area contributed by atoms with Crippen LogP contribution in [0.2, 0.25) is 0 Å². The van der Waals surface area contributed by atoms with E-state index in [2.05, 4.69) is 4.90 Å². The van der Waals surface area contributed by atoms with Crippen LogP contribution in [0.1, 0.15) is 29.5 Å². The molecule has 1 fully saturated rings. The van der Waals surface area contributed by atoms with Crippen molar-refractivity contribution in [1.29, 1.82) is 0 Å². The van der Waals surface area contributed by atoms with Crippen LogP contribution in [0.25, 0.3) is 11.1 Å². The molecule has 184 valence electrons. The lowest BCUT2D eigenvalue weighted by Gasteiger charge is -2.17. The summed E-state index contributed by atoms with van der Waals surface area (Å²) in [5.41, 5.74) is 8.67. The minimum atomic E-state index is -0.924. The highest BCUT2D eigenvalue weighted by molar-refractivity contribution is 5.71. The number of hydrogen-bond acceptors (Lipinski definition) is 5. The number of carboxylic acid groups (broad SMARTS) is 1. The number of para-hydroxylation sites is 1. The summed E-state index contributed by atoms with van der Waals surface area (Å²) in [7, 11) is 0. The largest absolute Gasteiger partial charge is 0.492 e. The molecule has 1 saturated heterocycles. The van der Waals surface area contributed by atoms with Crippen LogP contribution in [-0.2, 0) is 24.4 Å². The fourth-order valence-electron chi connectivity index (χ4n) is 4.36. The van der Waals surface area contributed by atoms with E-state index in [0.29, 0.717) is 40.4 Å². The number of halogens is 1. The Morgan fingerprint density at radius 1 is 1.00 bits per heavy atom. The number of carbonyl (C=O) groups is 1. The quantitative estimate of drug-likeness (QED) is 0.418. The first kappa shape index (κ1) is 24.7. The maximum absolute atomic E-state index is 15.1. The van der Waals surface area contributed by atoms with Crippen molar-refractivity contribution < 1.29 is 23.8 Å². The number of ether oxygens (including phenoxy) is 2. The van der Waals surface area contributed by atoms with Gasteiger partial charge in [-0.3, -0.25) is 9.69 Å². The second kappa shape index (κ2) is 11.8. The van der Waals surface area contributed by atoms with Crippen molar-refractivity contribution in [3.05, 3.63) is 83.2 Å². The Hall–Kier alpha value is -3.42. The Kier molecular flexibility index (Phi) is 8.34. The number of carboxylic acids is 1. The highest BCUT2D eigenvalue weighted by Crippen LogP contribution is 2.31. The van der Waals surface area contributed by atoms with Gasteiger partial charge >= 0.3 is 5.97 Å². The average molecular weight is 479 g/mol. The summed E-state index contributed by atoms with van der Waals surface area (Å²) in [6.07, 6.45) is 2.31. The molecule has 0 bridgehead atoms. The molecule has 6 nitrogen and oxygen atoms in total. The molecule has 0 spiro atoms. The smallest absolute Gasteiger partial charge is 0.307 e. The van der Waals surface area contributed by atoms with Gasteiger partial charge in [-0.1, -0.05) is 36.4 Å². The first-order valence-corrected chi connectivity index (χ1v) is 11.9. The second-order valence-corrected chi connectivity index (χ2v) is 8.71. The van der Waals surface area contributed by atoms with Crippen molar-refractivity contribution in [1.82, 2.24) is 4.90 Å². The molecule has 1 heterocycles. The molecule has 3 aromatic carbocycles. The predicted octanol–water partition coefficient (Wildman–Crippen LogP) is 4.63. The van der Waals surface area contributed by atoms with Gasteiger partial charge in [0.1, 0.15) is 30.5 Å². The van der Waals surface area contributed by atoms with Crippen molar-refractivity contribution in [3.63, 3.8) is 0 Å². The summed E-state index contributed by atoms with van der Waals surface area (Å²) in [6, 6.07) is 17.9. The number of rotatable bonds is 11. The van der Waals surface area contributed by atoms with E-state index in [9.17, 15) is 9.90 Å². The van der Waals surface area contributed by atoms with Gasteiger partial charge in [-0.25, -0.2) is 4.39 Å². The van der Waals surface area contributed by atoms with Crippen molar-refractivity contribution in [2.75, 3.05) is 26.2 Å². The van der Waals surface area contributed by atoms with Gasteiger partial charge in [0.25, 0.3) is 0 Å². The van der Waals surface area contributed by atoms with Crippen LogP contribution in [0.3, 0.4) is 0 Å². The van der Waals surface area contributed by atoms with Crippen molar-refractivity contribution in [3.8, 4) is 22.6 Å². The highest BCUT2D eigenvalue weighted by atomic mass is 19.1. The zero-order chi connectivity index (χ0) is 24.6. The molecule has 7 heteroatoms. The van der Waals surface area contributed by atoms with Gasteiger partial charge < -0.3 is 20.3 Å². The van der Waals surface area contributed by atoms with E-state index in [1.165, 1.54) is 12.8 Å². The first-order valence-electron chi connectivity index (χ1n) is 11.9. The standard InChI is InChI=1S/C28H31FN2O4/c29-28-22(18-30)7-5-8-25(28)23-14-20(15-24(16-23)34-13-12-31-10-3-4-11-31)19-35-26-9-2-1-6-21(26)17-27(32)33/h1-2,5-9,14-16H,3-4,10-13,17-19,30H2,(H,32,33). The molecule has 1 aliphatic rings. The van der Waals surface area contributed by atoms with Crippen molar-refractivity contribution in [2.24, 2.45) is 5.73 Å². The number of benzene rings is 3. The van der Waals surface area contributed by atoms with E-state index in [1.807, 2.05) is 18.2 Å². The number of hydrogen-bond donors (Lipinski definition) is 2. The zero-order valence-electron chi connectivity index (χ0n) is 19.7. The average Bonchev–Trinajstić information content (AvgIpc) is 3.37. The Morgan fingerprint density at radius 3 is 2.54 bits per heavy atom. The van der Waals surface area contributed by atoms with Crippen LogP contribution in [-0.4, -0.2) is 42.2 Å². The van der Waals surface area contributed by atoms with Gasteiger partial charge in [-0.2, -0.15) is 0 Å². The van der Waals surface area contributed by atoms with Crippen molar-refractivity contribution >= 4 is 5.97 Å². The molecule has 0 aliphatic carbocycles. The second-order valence-electron chi connectivity index (χ2n) is 8.71. The molecule has 0 radical (unpaired) electrons. The Balaban J connectivity index is 1.58. The summed E-state index contributed by atoms with van der Waals surface area (Å²) in [6.45, 7) is 3.87. The SMILES string of the molecule is NCc1cccc(-c2cc(COc3ccccc3CC(=O)O)cc(OCCN3CCCC3)c2)c1F. The third-order valence-corrected chi connectivity index (χ3v) is 6.16. The van der Waals surface area contributed by atoms with Gasteiger partial charge in [0.05, 0.1) is 6.42 Å². The van der Waals surface area contributed by atoms with E-state index < -0.39 is 5.97 Å². The fraction of sp³-hybridized carbons (Fsp3) is 0.321. The lowest BCUT2D eigenvalue weighted by molar-refractivity contribution is -0.136. The third kappa shape index (κ3) is 6.59. The minimum absolute atomic E-state index is 0.113. The van der Waals surface area contributed by atoms with E-state index in [4.69, 9.17) is 15.2 Å². The number of aliphatic carboxylic acids is 1. The van der Waals surface area contributed by atoms with Crippen LogP contribution in [0, 0.1) is 5.82 Å². The van der Waals surface area contributed by atoms with Crippen molar-refractivity contribution in [2.45, 2.75) is 32.4 Å². The lowest BCUT2D eigenvalue weighted by atomic mass is 9.99. The van der Waals surface area contributed by atoms with Gasteiger partial charge in [0.15, 0.2) is 0 Å². The topological polar surface area (TPSA) is 85.0 Å². The van der Waals surface area contributed by atoms with Crippen LogP contribution < -0.4 is 15.2 Å². The monoisotopic (exact) mass is 478 g/mol. The molecule has 1 aliphatic heterocycles. The van der Waals surface area contributed by atoms with Crippen LogP contribution in [0.4, 0.5) is 4.39 Å². The first-order chi connectivity index (χ1) is 17.0. The molecule has 4 rings (SSSR count). The van der Waals surface area contributed by atoms with Crippen LogP contribution in [0.5, 0.6) is 11.5 Å². The molecule has 35 heavy (non-hydrogen) atoms. The Labute approximate surface area is 205 Å². The summed E-state index contributed by atoms with van der Waals surface area (Å²) in [5.74, 6) is -0.125. The number of likely N-dealkylation sites (tertiary alicyclic amines) is 1. The molecule has 0 aromatic heterocycles. The molecule has 3 N–H and O–H groups in total. The summed E-state index contributed by atoms with van der Waals surface area (Å²) < 4.78 is 27.2. The number of nitrogens with zero attached hydrogens (tertiary/aromatic N) is 1. The van der Waals surface area contributed by atoms with Crippen LogP contribution >= 0.6 is 0 Å². The molecule has 3 aromatic rings. The van der Waals surface area contributed by atoms with Crippen LogP contribution in [0.15, 0.2) is 60.7 Å². The molecule has 0 unspecified atom stereocenters. The predicted molar refractivity (Wildman–Crippen MR) is 133 cm³/mol. The molecular formula is C28H31FN2O4. The van der Waals surface area contributed by atoms with E-state index in [0.717, 1.165) is 25.2 Å². The Bertz CT molecular complexity index is 1160. The molecular weight excluding hydrogens is 447 g/mol. The van der Waals surface area contributed by atoms with Gasteiger partial charge in [-0.15, -0.1) is 0 Å². The van der Waals surface area contributed by atoms with Gasteiger partial charge in [-0.05, 0) is 61.3 Å². The normalized spacial score (nSPS) is 13.7. The number of nitrogens with two attached hydrogens (primary N) is 1. The highest BCUT2D eigenvalue weighted by Gasteiger charge is 2.14. The molecule has 0 atom stereocenters. The maximum atomic E-state index is 15.1. The molecule has 0 saturated carbocycles. The Morgan fingerprint density at radius 2 is 1.77 bits per heavy atom. The molecule has 0 amide bonds. The third-order valence-electron chi connectivity index (χ3n) is 6.16. The fourth-order valence-corrected chi connectivity index (χ4v) is 4.36. The van der Waals surface area contributed by atoms with E-state index in [1.54, 1.807) is 42.5 Å². The lowest BCUT2D eigenvalue weighted by Crippen LogP contribution is -2.25.